The molecule has 2 aromatic carbocycles. The van der Waals surface area contributed by atoms with E-state index in [2.05, 4.69) is 10.3 Å². The Morgan fingerprint density at radius 1 is 1.05 bits per heavy atom. The van der Waals surface area contributed by atoms with Crippen LogP contribution in [0.2, 0.25) is 0 Å². The van der Waals surface area contributed by atoms with Crippen molar-refractivity contribution < 1.29 is 31.4 Å². The van der Waals surface area contributed by atoms with E-state index in [9.17, 15) is 21.9 Å². The third-order valence-electron chi connectivity index (χ3n) is 7.86. The van der Waals surface area contributed by atoms with E-state index in [1.807, 2.05) is 25.1 Å². The fraction of sp³-hybridized carbons (Fsp3) is 0.433. The van der Waals surface area contributed by atoms with Gasteiger partial charge in [-0.1, -0.05) is 18.2 Å². The molecule has 2 unspecified atom stereocenters. The molecule has 42 heavy (non-hydrogen) atoms. The maximum absolute atomic E-state index is 13.5. The molecular weight excluding hydrogens is 578 g/mol. The highest BCUT2D eigenvalue weighted by atomic mass is 32.2. The largest absolute Gasteiger partial charge is 0.491 e. The second kappa shape index (κ2) is 12.4. The van der Waals surface area contributed by atoms with Crippen molar-refractivity contribution in [3.8, 4) is 16.9 Å². The lowest BCUT2D eigenvalue weighted by Crippen LogP contribution is -2.47. The summed E-state index contributed by atoms with van der Waals surface area (Å²) in [5.74, 6) is 0.376. The molecule has 5 rings (SSSR count). The quantitative estimate of drug-likeness (QED) is 0.353. The molecule has 1 aromatic heterocycles. The average Bonchev–Trinajstić information content (AvgIpc) is 3.37. The Hall–Kier alpha value is -2.87. The molecule has 0 bridgehead atoms. The maximum atomic E-state index is 13.5. The number of nitrogens with one attached hydrogen (secondary N) is 1. The first kappa shape index (κ1) is 30.6. The van der Waals surface area contributed by atoms with Crippen molar-refractivity contribution in [2.45, 2.75) is 53.7 Å². The standard InChI is InChI=1S/C30H37N3O7S2/c1-22-15-24(9-12-31-22)23-5-3-8-29(16-23)42(37,38)33-13-10-30(11-14-33)18-25(20-40-30)32-19-26(34)21-39-27-6-4-7-28(17-27)41(2,35)36/h3-9,12,15-17,25-26,32,34H,10-11,13-14,18-21H2,1-2H3. The Balaban J connectivity index is 1.11. The molecule has 0 aliphatic carbocycles. The van der Waals surface area contributed by atoms with Crippen LogP contribution in [0.1, 0.15) is 25.0 Å². The van der Waals surface area contributed by atoms with Gasteiger partial charge in [0.15, 0.2) is 9.84 Å². The zero-order chi connectivity index (χ0) is 30.0. The van der Waals surface area contributed by atoms with E-state index in [1.54, 1.807) is 40.8 Å². The van der Waals surface area contributed by atoms with Gasteiger partial charge >= 0.3 is 0 Å². The van der Waals surface area contributed by atoms with Gasteiger partial charge in [-0.3, -0.25) is 4.98 Å². The zero-order valence-electron chi connectivity index (χ0n) is 23.8. The molecule has 2 saturated heterocycles. The number of rotatable bonds is 10. The number of nitrogens with zero attached hydrogens (tertiary/aromatic N) is 2. The topological polar surface area (TPSA) is 135 Å². The van der Waals surface area contributed by atoms with Gasteiger partial charge in [0.1, 0.15) is 18.5 Å². The number of pyridine rings is 1. The molecule has 2 atom stereocenters. The first-order valence-electron chi connectivity index (χ1n) is 14.0. The Morgan fingerprint density at radius 3 is 2.50 bits per heavy atom. The lowest BCUT2D eigenvalue weighted by molar-refractivity contribution is -0.0312. The Morgan fingerprint density at radius 2 is 1.76 bits per heavy atom. The highest BCUT2D eigenvalue weighted by Gasteiger charge is 2.44. The monoisotopic (exact) mass is 615 g/mol. The SMILES string of the molecule is Cc1cc(-c2cccc(S(=O)(=O)N3CCC4(CC3)CC(NCC(O)COc3cccc(S(C)(=O)=O)c3)CO4)c2)ccn1. The van der Waals surface area contributed by atoms with Crippen LogP contribution in [0, 0.1) is 6.92 Å². The zero-order valence-corrected chi connectivity index (χ0v) is 25.4. The number of sulfone groups is 1. The number of aliphatic hydroxyl groups is 1. The van der Waals surface area contributed by atoms with Crippen LogP contribution < -0.4 is 10.1 Å². The van der Waals surface area contributed by atoms with E-state index < -0.39 is 31.6 Å². The minimum atomic E-state index is -3.66. The molecule has 2 N–H and O–H groups in total. The summed E-state index contributed by atoms with van der Waals surface area (Å²) in [5, 5.41) is 13.7. The summed E-state index contributed by atoms with van der Waals surface area (Å²) in [6, 6.07) is 17.0. The van der Waals surface area contributed by atoms with Crippen molar-refractivity contribution in [3.05, 3.63) is 72.6 Å². The van der Waals surface area contributed by atoms with Gasteiger partial charge in [-0.15, -0.1) is 0 Å². The molecule has 3 heterocycles. The summed E-state index contributed by atoms with van der Waals surface area (Å²) < 4.78 is 63.8. The van der Waals surface area contributed by atoms with Gasteiger partial charge in [-0.05, 0) is 79.8 Å². The lowest BCUT2D eigenvalue weighted by Gasteiger charge is -2.38. The van der Waals surface area contributed by atoms with E-state index in [1.165, 1.54) is 12.1 Å². The van der Waals surface area contributed by atoms with Crippen molar-refractivity contribution in [2.24, 2.45) is 0 Å². The summed E-state index contributed by atoms with van der Waals surface area (Å²) in [6.07, 6.45) is 3.96. The van der Waals surface area contributed by atoms with Gasteiger partial charge in [0, 0.05) is 43.8 Å². The molecule has 10 nitrogen and oxygen atoms in total. The predicted molar refractivity (Wildman–Crippen MR) is 159 cm³/mol. The summed E-state index contributed by atoms with van der Waals surface area (Å²) >= 11 is 0. The number of benzene rings is 2. The smallest absolute Gasteiger partial charge is 0.243 e. The molecule has 1 spiro atoms. The van der Waals surface area contributed by atoms with Gasteiger partial charge in [-0.2, -0.15) is 4.31 Å². The van der Waals surface area contributed by atoms with Crippen molar-refractivity contribution in [3.63, 3.8) is 0 Å². The van der Waals surface area contributed by atoms with Crippen LogP contribution in [-0.2, 0) is 24.6 Å². The molecule has 0 saturated carbocycles. The number of piperidine rings is 1. The van der Waals surface area contributed by atoms with Gasteiger partial charge in [-0.25, -0.2) is 16.8 Å². The van der Waals surface area contributed by atoms with Crippen LogP contribution in [0.25, 0.3) is 11.1 Å². The molecular formula is C30H37N3O7S2. The third kappa shape index (κ3) is 7.19. The second-order valence-corrected chi connectivity index (χ2v) is 15.1. The van der Waals surface area contributed by atoms with Gasteiger partial charge in [0.2, 0.25) is 10.0 Å². The van der Waals surface area contributed by atoms with Crippen LogP contribution in [-0.4, -0.2) is 88.1 Å². The maximum Gasteiger partial charge on any atom is 0.243 e. The molecule has 2 aliphatic heterocycles. The average molecular weight is 616 g/mol. The number of aromatic nitrogens is 1. The first-order valence-corrected chi connectivity index (χ1v) is 17.3. The Labute approximate surface area is 247 Å². The van der Waals surface area contributed by atoms with E-state index in [4.69, 9.17) is 9.47 Å². The number of aliphatic hydroxyl groups excluding tert-OH is 1. The fourth-order valence-electron chi connectivity index (χ4n) is 5.52. The molecule has 226 valence electrons. The fourth-order valence-corrected chi connectivity index (χ4v) is 7.66. The lowest BCUT2D eigenvalue weighted by atomic mass is 9.88. The minimum Gasteiger partial charge on any atom is -0.491 e. The predicted octanol–water partition coefficient (Wildman–Crippen LogP) is 2.80. The summed E-state index contributed by atoms with van der Waals surface area (Å²) in [5.41, 5.74) is 2.23. The molecule has 2 aliphatic rings. The van der Waals surface area contributed by atoms with Crippen LogP contribution >= 0.6 is 0 Å². The molecule has 12 heteroatoms. The van der Waals surface area contributed by atoms with E-state index >= 15 is 0 Å². The van der Waals surface area contributed by atoms with Crippen LogP contribution in [0.15, 0.2) is 76.7 Å². The normalized spacial score (nSPS) is 20.0. The number of ether oxygens (including phenoxy) is 2. The van der Waals surface area contributed by atoms with Crippen molar-refractivity contribution in [1.29, 1.82) is 0 Å². The van der Waals surface area contributed by atoms with E-state index in [0.29, 0.717) is 38.3 Å². The van der Waals surface area contributed by atoms with Crippen molar-refractivity contribution >= 4 is 19.9 Å². The summed E-state index contributed by atoms with van der Waals surface area (Å²) in [7, 11) is -7.00. The van der Waals surface area contributed by atoms with Crippen LogP contribution in [0.4, 0.5) is 0 Å². The third-order valence-corrected chi connectivity index (χ3v) is 10.9. The molecule has 3 aromatic rings. The molecule has 0 amide bonds. The number of sulfonamides is 1. The molecule has 2 fully saturated rings. The van der Waals surface area contributed by atoms with E-state index in [0.717, 1.165) is 29.5 Å². The number of aryl methyl sites for hydroxylation is 1. The second-order valence-electron chi connectivity index (χ2n) is 11.1. The minimum absolute atomic E-state index is 0.00766. The van der Waals surface area contributed by atoms with Gasteiger partial charge in [0.25, 0.3) is 0 Å². The van der Waals surface area contributed by atoms with Crippen LogP contribution in [0.5, 0.6) is 5.75 Å². The Bertz CT molecular complexity index is 1620. The van der Waals surface area contributed by atoms with E-state index in [-0.39, 0.29) is 29.0 Å². The van der Waals surface area contributed by atoms with Gasteiger partial charge < -0.3 is 19.9 Å². The Kier molecular flexibility index (Phi) is 9.02. The highest BCUT2D eigenvalue weighted by Crippen LogP contribution is 2.37. The summed E-state index contributed by atoms with van der Waals surface area (Å²) in [4.78, 5) is 4.66. The number of hydrogen-bond acceptors (Lipinski definition) is 9. The first-order chi connectivity index (χ1) is 19.9. The highest BCUT2D eigenvalue weighted by molar-refractivity contribution is 7.90. The van der Waals surface area contributed by atoms with Crippen molar-refractivity contribution in [2.75, 3.05) is 39.1 Å². The van der Waals surface area contributed by atoms with Crippen molar-refractivity contribution in [1.82, 2.24) is 14.6 Å². The number of hydrogen-bond donors (Lipinski definition) is 2. The van der Waals surface area contributed by atoms with Gasteiger partial charge in [0.05, 0.1) is 22.0 Å². The summed E-state index contributed by atoms with van der Waals surface area (Å²) in [6.45, 7) is 3.41. The molecule has 0 radical (unpaired) electrons. The van der Waals surface area contributed by atoms with Crippen LogP contribution in [0.3, 0.4) is 0 Å².